The molecule has 0 N–H and O–H groups in total. The Morgan fingerprint density at radius 1 is 1.39 bits per heavy atom. The molecule has 0 saturated carbocycles. The minimum absolute atomic E-state index is 0.383. The molecule has 0 amide bonds. The molecule has 1 aromatic carbocycles. The van der Waals surface area contributed by atoms with Gasteiger partial charge in [-0.3, -0.25) is 10.1 Å². The molecule has 1 heterocycles. The Kier molecular flexibility index (Phi) is 2.91. The topological polar surface area (TPSA) is 97.4 Å². The lowest BCUT2D eigenvalue weighted by molar-refractivity contribution is -0.387. The summed E-state index contributed by atoms with van der Waals surface area (Å²) in [6, 6.07) is 3.91. The molecule has 1 aliphatic rings. The summed E-state index contributed by atoms with van der Waals surface area (Å²) in [5.74, 6) is 0. The van der Waals surface area contributed by atoms with Crippen LogP contribution < -0.4 is 0 Å². The Morgan fingerprint density at radius 3 is 2.50 bits per heavy atom. The first-order valence-electron chi connectivity index (χ1n) is 5.13. The van der Waals surface area contributed by atoms with Gasteiger partial charge < -0.3 is 4.79 Å². The largest absolute Gasteiger partial charge is 0.302 e. The zero-order valence-electron chi connectivity index (χ0n) is 9.39. The first-order chi connectivity index (χ1) is 8.41. The molecular formula is C10H10N2O5S. The van der Waals surface area contributed by atoms with E-state index in [4.69, 9.17) is 0 Å². The summed E-state index contributed by atoms with van der Waals surface area (Å²) in [5, 5.41) is 10.8. The number of nitro groups is 1. The number of para-hydroxylation sites is 1. The van der Waals surface area contributed by atoms with Crippen LogP contribution in [0.2, 0.25) is 0 Å². The van der Waals surface area contributed by atoms with Gasteiger partial charge in [-0.25, -0.2) is 8.42 Å². The number of aldehydes is 1. The number of rotatable bonds is 4. The second kappa shape index (κ2) is 4.14. The van der Waals surface area contributed by atoms with E-state index in [-0.39, 0.29) is 4.90 Å². The van der Waals surface area contributed by atoms with Gasteiger partial charge in [0.2, 0.25) is 0 Å². The Labute approximate surface area is 103 Å². The van der Waals surface area contributed by atoms with E-state index in [0.717, 1.165) is 10.4 Å². The van der Waals surface area contributed by atoms with Crippen LogP contribution in [0, 0.1) is 10.1 Å². The monoisotopic (exact) mass is 270 g/mol. The molecule has 0 aliphatic carbocycles. The van der Waals surface area contributed by atoms with E-state index in [0.29, 0.717) is 6.29 Å². The Balaban J connectivity index is 2.50. The van der Waals surface area contributed by atoms with Crippen LogP contribution in [0.25, 0.3) is 0 Å². The Morgan fingerprint density at radius 2 is 2.00 bits per heavy atom. The summed E-state index contributed by atoms with van der Waals surface area (Å²) in [4.78, 5) is 20.3. The van der Waals surface area contributed by atoms with Crippen LogP contribution >= 0.6 is 0 Å². The molecule has 1 aromatic rings. The fourth-order valence-electron chi connectivity index (χ4n) is 1.84. The van der Waals surface area contributed by atoms with Gasteiger partial charge in [0.15, 0.2) is 4.90 Å². The van der Waals surface area contributed by atoms with Crippen LogP contribution in [0.5, 0.6) is 0 Å². The highest BCUT2D eigenvalue weighted by atomic mass is 32.2. The Hall–Kier alpha value is -1.80. The van der Waals surface area contributed by atoms with Gasteiger partial charge in [0, 0.05) is 12.1 Å². The lowest BCUT2D eigenvalue weighted by atomic mass is 10.3. The third-order valence-corrected chi connectivity index (χ3v) is 4.89. The van der Waals surface area contributed by atoms with Crippen molar-refractivity contribution in [3.8, 4) is 0 Å². The predicted octanol–water partition coefficient (Wildman–Crippen LogP) is 0.555. The maximum Gasteiger partial charge on any atom is 0.289 e. The summed E-state index contributed by atoms with van der Waals surface area (Å²) >= 11 is 0. The molecule has 2 rings (SSSR count). The van der Waals surface area contributed by atoms with E-state index in [2.05, 4.69) is 0 Å². The summed E-state index contributed by atoms with van der Waals surface area (Å²) < 4.78 is 25.3. The Bertz CT molecular complexity index is 612. The van der Waals surface area contributed by atoms with Gasteiger partial charge in [-0.1, -0.05) is 12.1 Å². The summed E-state index contributed by atoms with van der Waals surface area (Å²) in [6.45, 7) is 1.57. The van der Waals surface area contributed by atoms with Crippen LogP contribution in [-0.4, -0.2) is 36.0 Å². The smallest absolute Gasteiger partial charge is 0.289 e. The number of hydrogen-bond donors (Lipinski definition) is 0. The summed E-state index contributed by atoms with van der Waals surface area (Å²) in [7, 11) is -3.99. The van der Waals surface area contributed by atoms with Gasteiger partial charge in [0.25, 0.3) is 15.7 Å². The molecular weight excluding hydrogens is 260 g/mol. The highest BCUT2D eigenvalue weighted by molar-refractivity contribution is 7.89. The summed E-state index contributed by atoms with van der Waals surface area (Å²) in [6.07, 6.45) is 0.525. The molecule has 0 spiro atoms. The standard InChI is InChI=1S/C10H10N2O5S/c1-7-9(6-13)11(7)18(16,17)10-5-3-2-4-8(10)12(14)15/h2-7,9H,1H3/t7-,9+,11?/m1/s1. The molecule has 0 radical (unpaired) electrons. The molecule has 1 aliphatic heterocycles. The van der Waals surface area contributed by atoms with E-state index >= 15 is 0 Å². The average molecular weight is 270 g/mol. The van der Waals surface area contributed by atoms with Gasteiger partial charge in [0.05, 0.1) is 11.0 Å². The highest BCUT2D eigenvalue weighted by Crippen LogP contribution is 2.37. The normalized spacial score (nSPS) is 26.6. The minimum Gasteiger partial charge on any atom is -0.302 e. The number of carbonyl (C=O) groups excluding carboxylic acids is 1. The number of benzene rings is 1. The zero-order chi connectivity index (χ0) is 13.5. The third kappa shape index (κ3) is 1.79. The number of sulfonamides is 1. The molecule has 96 valence electrons. The first kappa shape index (κ1) is 12.7. The van der Waals surface area contributed by atoms with Gasteiger partial charge in [-0.2, -0.15) is 4.31 Å². The van der Waals surface area contributed by atoms with Crippen molar-refractivity contribution in [1.29, 1.82) is 0 Å². The van der Waals surface area contributed by atoms with E-state index in [1.165, 1.54) is 18.2 Å². The predicted molar refractivity (Wildman–Crippen MR) is 61.4 cm³/mol. The molecule has 3 atom stereocenters. The number of hydrogen-bond acceptors (Lipinski definition) is 5. The number of carbonyl (C=O) groups is 1. The van der Waals surface area contributed by atoms with Crippen LogP contribution in [-0.2, 0) is 14.8 Å². The third-order valence-electron chi connectivity index (χ3n) is 2.86. The van der Waals surface area contributed by atoms with Gasteiger partial charge in [-0.05, 0) is 13.0 Å². The van der Waals surface area contributed by atoms with Crippen molar-refractivity contribution in [2.45, 2.75) is 23.9 Å². The summed E-state index contributed by atoms with van der Waals surface area (Å²) in [5.41, 5.74) is -0.485. The van der Waals surface area contributed by atoms with Crippen molar-refractivity contribution in [3.05, 3.63) is 34.4 Å². The quantitative estimate of drug-likeness (QED) is 0.344. The zero-order valence-corrected chi connectivity index (χ0v) is 10.2. The van der Waals surface area contributed by atoms with Crippen LogP contribution in [0.15, 0.2) is 29.2 Å². The van der Waals surface area contributed by atoms with E-state index in [9.17, 15) is 23.3 Å². The molecule has 8 heteroatoms. The fourth-order valence-corrected chi connectivity index (χ4v) is 3.78. The van der Waals surface area contributed by atoms with Crippen molar-refractivity contribution in [2.75, 3.05) is 0 Å². The lowest BCUT2D eigenvalue weighted by Gasteiger charge is -2.05. The maximum atomic E-state index is 12.2. The van der Waals surface area contributed by atoms with Gasteiger partial charge in [0.1, 0.15) is 6.29 Å². The number of nitro benzene ring substituents is 1. The second-order valence-electron chi connectivity index (χ2n) is 3.93. The second-order valence-corrected chi connectivity index (χ2v) is 5.74. The SMILES string of the molecule is C[C@@H]1[C@H](C=O)N1S(=O)(=O)c1ccccc1[N+](=O)[O-]. The van der Waals surface area contributed by atoms with Gasteiger partial charge >= 0.3 is 0 Å². The maximum absolute atomic E-state index is 12.2. The van der Waals surface area contributed by atoms with Crippen molar-refractivity contribution in [1.82, 2.24) is 4.31 Å². The van der Waals surface area contributed by atoms with Gasteiger partial charge in [-0.15, -0.1) is 0 Å². The van der Waals surface area contributed by atoms with Crippen LogP contribution in [0.4, 0.5) is 5.69 Å². The molecule has 1 fully saturated rings. The van der Waals surface area contributed by atoms with Crippen molar-refractivity contribution in [2.24, 2.45) is 0 Å². The number of nitrogens with zero attached hydrogens (tertiary/aromatic N) is 2. The average Bonchev–Trinajstić information content (AvgIpc) is 3.00. The molecule has 1 unspecified atom stereocenters. The molecule has 1 saturated heterocycles. The minimum atomic E-state index is -3.99. The van der Waals surface area contributed by atoms with E-state index < -0.39 is 32.7 Å². The molecule has 7 nitrogen and oxygen atoms in total. The molecule has 0 bridgehead atoms. The van der Waals surface area contributed by atoms with E-state index in [1.54, 1.807) is 6.92 Å². The van der Waals surface area contributed by atoms with Crippen LogP contribution in [0.3, 0.4) is 0 Å². The van der Waals surface area contributed by atoms with E-state index in [1.807, 2.05) is 0 Å². The first-order valence-corrected chi connectivity index (χ1v) is 6.57. The molecule has 0 aromatic heterocycles. The van der Waals surface area contributed by atoms with Crippen molar-refractivity contribution >= 4 is 22.0 Å². The highest BCUT2D eigenvalue weighted by Gasteiger charge is 2.53. The fraction of sp³-hybridized carbons (Fsp3) is 0.300. The molecule has 18 heavy (non-hydrogen) atoms. The lowest BCUT2D eigenvalue weighted by Crippen LogP contribution is -2.17. The van der Waals surface area contributed by atoms with Crippen LogP contribution in [0.1, 0.15) is 6.92 Å². The van der Waals surface area contributed by atoms with Crippen molar-refractivity contribution < 1.29 is 18.1 Å². The van der Waals surface area contributed by atoms with Crippen molar-refractivity contribution in [3.63, 3.8) is 0 Å².